The summed E-state index contributed by atoms with van der Waals surface area (Å²) in [4.78, 5) is 31.0. The second kappa shape index (κ2) is 10.7. The second-order valence-corrected chi connectivity index (χ2v) is 7.25. The van der Waals surface area contributed by atoms with Crippen LogP contribution in [0, 0.1) is 0 Å². The molecule has 0 saturated carbocycles. The Morgan fingerprint density at radius 2 is 2.12 bits per heavy atom. The first-order valence-corrected chi connectivity index (χ1v) is 10.3. The molecule has 0 aliphatic heterocycles. The van der Waals surface area contributed by atoms with E-state index in [1.165, 1.54) is 11.8 Å². The van der Waals surface area contributed by atoms with Crippen molar-refractivity contribution >= 4 is 17.7 Å². The lowest BCUT2D eigenvalue weighted by Gasteiger charge is -2.20. The number of hydrogen-bond donors (Lipinski definition) is 1. The molecule has 0 spiro atoms. The Hall–Kier alpha value is -1.38. The molecule has 1 aromatic heterocycles. The number of fused-ring (bicyclic) bond motifs is 1. The zero-order valence-corrected chi connectivity index (χ0v) is 16.9. The van der Waals surface area contributed by atoms with Crippen LogP contribution in [0.3, 0.4) is 0 Å². The van der Waals surface area contributed by atoms with E-state index in [-0.39, 0.29) is 17.3 Å². The van der Waals surface area contributed by atoms with Gasteiger partial charge in [0.25, 0.3) is 0 Å². The highest BCUT2D eigenvalue weighted by molar-refractivity contribution is 7.99. The molecule has 26 heavy (non-hydrogen) atoms. The summed E-state index contributed by atoms with van der Waals surface area (Å²) in [6.45, 7) is 8.74. The quantitative estimate of drug-likeness (QED) is 0.349. The molecule has 1 aromatic rings. The number of carbonyl (C=O) groups excluding carboxylic acids is 1. The first-order chi connectivity index (χ1) is 12.6. The highest BCUT2D eigenvalue weighted by Gasteiger charge is 2.22. The predicted molar refractivity (Wildman–Crippen MR) is 104 cm³/mol. The van der Waals surface area contributed by atoms with Gasteiger partial charge in [0.15, 0.2) is 0 Å². The van der Waals surface area contributed by atoms with Gasteiger partial charge >= 0.3 is 5.69 Å². The second-order valence-electron chi connectivity index (χ2n) is 6.29. The molecule has 0 radical (unpaired) electrons. The van der Waals surface area contributed by atoms with Crippen LogP contribution in [0.25, 0.3) is 0 Å². The van der Waals surface area contributed by atoms with Crippen molar-refractivity contribution in [1.82, 2.24) is 19.8 Å². The summed E-state index contributed by atoms with van der Waals surface area (Å²) in [5.41, 5.74) is 2.07. The summed E-state index contributed by atoms with van der Waals surface area (Å²) in [7, 11) is 1.60. The summed E-state index contributed by atoms with van der Waals surface area (Å²) in [6, 6.07) is 0. The minimum absolute atomic E-state index is 0.0636. The molecule has 8 heteroatoms. The Morgan fingerprint density at radius 1 is 1.35 bits per heavy atom. The number of rotatable bonds is 11. The fraction of sp³-hybridized carbons (Fsp3) is 0.722. The average molecular weight is 383 g/mol. The standard InChI is InChI=1S/C18H30N4O3S/c1-4-21(5-2)10-11-22-15-8-6-7-14(15)17(20-18(22)24)26-13-16(23)19-9-12-25-3/h4-13H2,1-3H3,(H,19,23). The summed E-state index contributed by atoms with van der Waals surface area (Å²) < 4.78 is 6.76. The number of thioether (sulfide) groups is 1. The molecular formula is C18H30N4O3S. The lowest BCUT2D eigenvalue weighted by molar-refractivity contribution is -0.118. The van der Waals surface area contributed by atoms with E-state index in [1.54, 1.807) is 7.11 Å². The maximum absolute atomic E-state index is 12.5. The number of methoxy groups -OCH3 is 1. The Bertz CT molecular complexity index is 659. The lowest BCUT2D eigenvalue weighted by Crippen LogP contribution is -2.34. The molecule has 2 rings (SSSR count). The summed E-state index contributed by atoms with van der Waals surface area (Å²) in [5.74, 6) is 0.206. The lowest BCUT2D eigenvalue weighted by atomic mass is 10.2. The van der Waals surface area contributed by atoms with Gasteiger partial charge in [-0.15, -0.1) is 0 Å². The summed E-state index contributed by atoms with van der Waals surface area (Å²) in [6.07, 6.45) is 2.89. The van der Waals surface area contributed by atoms with E-state index in [0.717, 1.165) is 55.2 Å². The first-order valence-electron chi connectivity index (χ1n) is 9.34. The maximum atomic E-state index is 12.5. The van der Waals surface area contributed by atoms with Crippen molar-refractivity contribution in [2.24, 2.45) is 0 Å². The van der Waals surface area contributed by atoms with E-state index >= 15 is 0 Å². The monoisotopic (exact) mass is 382 g/mol. The van der Waals surface area contributed by atoms with Crippen LogP contribution in [-0.2, 0) is 28.9 Å². The van der Waals surface area contributed by atoms with Crippen molar-refractivity contribution in [1.29, 1.82) is 0 Å². The zero-order valence-electron chi connectivity index (χ0n) is 16.0. The third-order valence-electron chi connectivity index (χ3n) is 4.70. The molecule has 0 fully saturated rings. The van der Waals surface area contributed by atoms with E-state index in [1.807, 2.05) is 4.57 Å². The van der Waals surface area contributed by atoms with Crippen LogP contribution in [0.5, 0.6) is 0 Å². The molecule has 7 nitrogen and oxygen atoms in total. The van der Waals surface area contributed by atoms with E-state index in [2.05, 4.69) is 29.0 Å². The molecule has 1 aliphatic rings. The highest BCUT2D eigenvalue weighted by atomic mass is 32.2. The van der Waals surface area contributed by atoms with Gasteiger partial charge in [0.1, 0.15) is 5.03 Å². The van der Waals surface area contributed by atoms with Crippen LogP contribution in [0.15, 0.2) is 9.82 Å². The molecule has 1 N–H and O–H groups in total. The van der Waals surface area contributed by atoms with Crippen LogP contribution in [0.4, 0.5) is 0 Å². The molecule has 0 aromatic carbocycles. The Morgan fingerprint density at radius 3 is 2.81 bits per heavy atom. The molecule has 0 atom stereocenters. The number of ether oxygens (including phenoxy) is 1. The summed E-state index contributed by atoms with van der Waals surface area (Å²) in [5, 5.41) is 3.52. The predicted octanol–water partition coefficient (Wildman–Crippen LogP) is 0.929. The smallest absolute Gasteiger partial charge is 0.348 e. The molecule has 1 aliphatic carbocycles. The van der Waals surface area contributed by atoms with Crippen molar-refractivity contribution < 1.29 is 9.53 Å². The van der Waals surface area contributed by atoms with Crippen LogP contribution in [0.2, 0.25) is 0 Å². The van der Waals surface area contributed by atoms with Gasteiger partial charge in [-0.25, -0.2) is 4.79 Å². The number of nitrogens with one attached hydrogen (secondary N) is 1. The van der Waals surface area contributed by atoms with E-state index < -0.39 is 0 Å². The normalized spacial score (nSPS) is 13.2. The third kappa shape index (κ3) is 5.56. The number of likely N-dealkylation sites (N-methyl/N-ethyl adjacent to an activating group) is 1. The molecule has 0 unspecified atom stereocenters. The maximum Gasteiger partial charge on any atom is 0.348 e. The fourth-order valence-corrected chi connectivity index (χ4v) is 4.10. The van der Waals surface area contributed by atoms with Gasteiger partial charge in [-0.05, 0) is 32.4 Å². The minimum atomic E-state index is -0.194. The number of nitrogens with zero attached hydrogens (tertiary/aromatic N) is 3. The number of aromatic nitrogens is 2. The number of amides is 1. The first kappa shape index (κ1) is 20.9. The molecule has 1 amide bonds. The van der Waals surface area contributed by atoms with Crippen molar-refractivity contribution in [3.05, 3.63) is 21.7 Å². The minimum Gasteiger partial charge on any atom is -0.383 e. The Kier molecular flexibility index (Phi) is 8.61. The topological polar surface area (TPSA) is 76.5 Å². The van der Waals surface area contributed by atoms with Crippen molar-refractivity contribution in [2.45, 2.75) is 44.7 Å². The Balaban J connectivity index is 2.06. The zero-order chi connectivity index (χ0) is 18.9. The van der Waals surface area contributed by atoms with Crippen molar-refractivity contribution in [2.75, 3.05) is 45.6 Å². The summed E-state index contributed by atoms with van der Waals surface area (Å²) >= 11 is 1.36. The van der Waals surface area contributed by atoms with Crippen molar-refractivity contribution in [3.63, 3.8) is 0 Å². The van der Waals surface area contributed by atoms with Gasteiger partial charge in [-0.2, -0.15) is 4.98 Å². The van der Waals surface area contributed by atoms with Crippen LogP contribution >= 0.6 is 11.8 Å². The van der Waals surface area contributed by atoms with Gasteiger partial charge < -0.3 is 15.0 Å². The van der Waals surface area contributed by atoms with Gasteiger partial charge in [0, 0.05) is 38.0 Å². The largest absolute Gasteiger partial charge is 0.383 e. The van der Waals surface area contributed by atoms with Crippen LogP contribution < -0.4 is 11.0 Å². The van der Waals surface area contributed by atoms with E-state index in [0.29, 0.717) is 19.7 Å². The molecule has 1 heterocycles. The molecule has 146 valence electrons. The van der Waals surface area contributed by atoms with E-state index in [4.69, 9.17) is 4.74 Å². The van der Waals surface area contributed by atoms with Gasteiger partial charge in [0.05, 0.1) is 12.4 Å². The van der Waals surface area contributed by atoms with Gasteiger partial charge in [-0.3, -0.25) is 9.36 Å². The molecule has 0 saturated heterocycles. The number of hydrogen-bond acceptors (Lipinski definition) is 6. The van der Waals surface area contributed by atoms with E-state index in [9.17, 15) is 9.59 Å². The Labute approximate surface area is 159 Å². The average Bonchev–Trinajstić information content (AvgIpc) is 3.12. The van der Waals surface area contributed by atoms with Crippen LogP contribution in [-0.4, -0.2) is 66.0 Å². The van der Waals surface area contributed by atoms with Crippen LogP contribution in [0.1, 0.15) is 31.5 Å². The third-order valence-corrected chi connectivity index (χ3v) is 5.72. The number of carbonyl (C=O) groups is 1. The van der Waals surface area contributed by atoms with Crippen molar-refractivity contribution in [3.8, 4) is 0 Å². The SMILES string of the molecule is CCN(CC)CCn1c2c(c(SCC(=O)NCCOC)nc1=O)CCC2. The molecular weight excluding hydrogens is 352 g/mol. The fourth-order valence-electron chi connectivity index (χ4n) is 3.19. The molecule has 0 bridgehead atoms. The van der Waals surface area contributed by atoms with Gasteiger partial charge in [-0.1, -0.05) is 25.6 Å². The highest BCUT2D eigenvalue weighted by Crippen LogP contribution is 2.29. The van der Waals surface area contributed by atoms with Gasteiger partial charge in [0.2, 0.25) is 5.91 Å².